The second-order valence-corrected chi connectivity index (χ2v) is 5.84. The Hall–Kier alpha value is -1.42. The quantitative estimate of drug-likeness (QED) is 0.878. The lowest BCUT2D eigenvalue weighted by atomic mass is 10.1. The van der Waals surface area contributed by atoms with Crippen molar-refractivity contribution in [1.82, 2.24) is 19.7 Å². The van der Waals surface area contributed by atoms with Gasteiger partial charge in [0, 0.05) is 18.6 Å². The van der Waals surface area contributed by atoms with Crippen molar-refractivity contribution < 1.29 is 0 Å². The van der Waals surface area contributed by atoms with Gasteiger partial charge in [-0.25, -0.2) is 9.97 Å². The predicted octanol–water partition coefficient (Wildman–Crippen LogP) is 2.28. The zero-order valence-electron chi connectivity index (χ0n) is 10.6. The molecule has 0 aromatic carbocycles. The van der Waals surface area contributed by atoms with Crippen molar-refractivity contribution in [2.45, 2.75) is 38.1 Å². The summed E-state index contributed by atoms with van der Waals surface area (Å²) in [6.45, 7) is 3.38. The van der Waals surface area contributed by atoms with Crippen LogP contribution in [0.5, 0.6) is 0 Å². The van der Waals surface area contributed by atoms with Crippen LogP contribution in [0.25, 0.3) is 5.78 Å². The summed E-state index contributed by atoms with van der Waals surface area (Å²) >= 11 is 0. The van der Waals surface area contributed by atoms with Gasteiger partial charge in [-0.1, -0.05) is 6.92 Å². The molecule has 2 fully saturated rings. The van der Waals surface area contributed by atoms with Gasteiger partial charge in [0.05, 0.1) is 11.7 Å². The van der Waals surface area contributed by atoms with Gasteiger partial charge < -0.3 is 5.32 Å². The summed E-state index contributed by atoms with van der Waals surface area (Å²) in [7, 11) is 0. The van der Waals surface area contributed by atoms with Crippen molar-refractivity contribution in [3.8, 4) is 0 Å². The van der Waals surface area contributed by atoms with E-state index in [-0.39, 0.29) is 0 Å². The van der Waals surface area contributed by atoms with Gasteiger partial charge in [0.2, 0.25) is 5.78 Å². The fourth-order valence-electron chi connectivity index (χ4n) is 2.85. The van der Waals surface area contributed by atoms with Gasteiger partial charge in [0.15, 0.2) is 0 Å². The predicted molar refractivity (Wildman–Crippen MR) is 69.5 cm³/mol. The number of nitrogens with zero attached hydrogens (tertiary/aromatic N) is 3. The summed E-state index contributed by atoms with van der Waals surface area (Å²) in [5.74, 6) is 2.32. The highest BCUT2D eigenvalue weighted by Gasteiger charge is 2.26. The van der Waals surface area contributed by atoms with Crippen LogP contribution in [0.15, 0.2) is 18.6 Å². The van der Waals surface area contributed by atoms with Gasteiger partial charge in [-0.2, -0.15) is 0 Å². The smallest absolute Gasteiger partial charge is 0.233 e. The summed E-state index contributed by atoms with van der Waals surface area (Å²) in [6, 6.07) is 0.408. The van der Waals surface area contributed by atoms with Crippen LogP contribution in [-0.2, 0) is 0 Å². The average Bonchev–Trinajstić information content (AvgIpc) is 2.99. The molecule has 94 valence electrons. The molecule has 0 amide bonds. The largest absolute Gasteiger partial charge is 0.308 e. The number of hydrogen-bond acceptors (Lipinski definition) is 3. The third kappa shape index (κ3) is 1.72. The SMILES string of the molecule is C[C@@H]1CN[C@@H](c2cn3cc(C4CC4)cnc3n2)C1. The molecule has 1 saturated carbocycles. The molecule has 1 aliphatic carbocycles. The van der Waals surface area contributed by atoms with Crippen LogP contribution in [0.3, 0.4) is 0 Å². The van der Waals surface area contributed by atoms with Crippen molar-refractivity contribution in [2.75, 3.05) is 6.54 Å². The third-order valence-corrected chi connectivity index (χ3v) is 4.11. The van der Waals surface area contributed by atoms with E-state index in [2.05, 4.69) is 39.0 Å². The molecule has 0 unspecified atom stereocenters. The van der Waals surface area contributed by atoms with Crippen molar-refractivity contribution in [3.63, 3.8) is 0 Å². The number of aromatic nitrogens is 3. The van der Waals surface area contributed by atoms with Crippen molar-refractivity contribution in [1.29, 1.82) is 0 Å². The highest BCUT2D eigenvalue weighted by atomic mass is 15.1. The summed E-state index contributed by atoms with van der Waals surface area (Å²) < 4.78 is 2.09. The number of rotatable bonds is 2. The van der Waals surface area contributed by atoms with Gasteiger partial charge >= 0.3 is 0 Å². The lowest BCUT2D eigenvalue weighted by molar-refractivity contribution is 0.602. The Morgan fingerprint density at radius 1 is 1.33 bits per heavy atom. The Labute approximate surface area is 106 Å². The molecule has 2 aromatic rings. The zero-order valence-corrected chi connectivity index (χ0v) is 10.6. The molecule has 0 radical (unpaired) electrons. The average molecular weight is 242 g/mol. The van der Waals surface area contributed by atoms with Crippen LogP contribution in [0.2, 0.25) is 0 Å². The fourth-order valence-corrected chi connectivity index (χ4v) is 2.85. The molecule has 2 aromatic heterocycles. The van der Waals surface area contributed by atoms with Gasteiger partial charge in [-0.15, -0.1) is 0 Å². The van der Waals surface area contributed by atoms with Crippen molar-refractivity contribution >= 4 is 5.78 Å². The third-order valence-electron chi connectivity index (χ3n) is 4.11. The van der Waals surface area contributed by atoms with Gasteiger partial charge in [0.25, 0.3) is 0 Å². The highest BCUT2D eigenvalue weighted by molar-refractivity contribution is 5.34. The maximum absolute atomic E-state index is 4.64. The summed E-state index contributed by atoms with van der Waals surface area (Å²) in [5, 5.41) is 3.53. The Morgan fingerprint density at radius 2 is 2.22 bits per heavy atom. The van der Waals surface area contributed by atoms with E-state index in [1.54, 1.807) is 0 Å². The molecule has 1 aliphatic heterocycles. The first-order valence-corrected chi connectivity index (χ1v) is 6.87. The monoisotopic (exact) mass is 242 g/mol. The normalized spacial score (nSPS) is 28.1. The van der Waals surface area contributed by atoms with Gasteiger partial charge in [0.1, 0.15) is 0 Å². The molecule has 2 aliphatic rings. The molecule has 4 rings (SSSR count). The Kier molecular flexibility index (Phi) is 2.21. The minimum absolute atomic E-state index is 0.408. The molecule has 3 heterocycles. The maximum Gasteiger partial charge on any atom is 0.233 e. The van der Waals surface area contributed by atoms with E-state index < -0.39 is 0 Å². The summed E-state index contributed by atoms with van der Waals surface area (Å²) in [4.78, 5) is 9.12. The fraction of sp³-hybridized carbons (Fsp3) is 0.571. The second-order valence-electron chi connectivity index (χ2n) is 5.84. The molecule has 4 heteroatoms. The summed E-state index contributed by atoms with van der Waals surface area (Å²) in [6.07, 6.45) is 10.2. The van der Waals surface area contributed by atoms with E-state index in [1.165, 1.54) is 24.8 Å². The molecular weight excluding hydrogens is 224 g/mol. The molecule has 0 spiro atoms. The Morgan fingerprint density at radius 3 is 2.94 bits per heavy atom. The van der Waals surface area contributed by atoms with Crippen molar-refractivity contribution in [2.24, 2.45) is 5.92 Å². The number of fused-ring (bicyclic) bond motifs is 1. The molecule has 1 saturated heterocycles. The van der Waals surface area contributed by atoms with Crippen LogP contribution in [0.1, 0.15) is 49.4 Å². The minimum Gasteiger partial charge on any atom is -0.308 e. The molecule has 1 N–H and O–H groups in total. The van der Waals surface area contributed by atoms with E-state index in [4.69, 9.17) is 0 Å². The Balaban J connectivity index is 1.70. The topological polar surface area (TPSA) is 42.2 Å². The lowest BCUT2D eigenvalue weighted by Crippen LogP contribution is -2.13. The van der Waals surface area contributed by atoms with Crippen LogP contribution in [0.4, 0.5) is 0 Å². The molecule has 18 heavy (non-hydrogen) atoms. The second kappa shape index (κ2) is 3.79. The van der Waals surface area contributed by atoms with Gasteiger partial charge in [-0.3, -0.25) is 4.40 Å². The maximum atomic E-state index is 4.64. The first kappa shape index (κ1) is 10.5. The minimum atomic E-state index is 0.408. The van der Waals surface area contributed by atoms with E-state index in [0.29, 0.717) is 6.04 Å². The van der Waals surface area contributed by atoms with E-state index in [9.17, 15) is 0 Å². The van der Waals surface area contributed by atoms with E-state index in [0.717, 1.165) is 29.9 Å². The van der Waals surface area contributed by atoms with E-state index >= 15 is 0 Å². The number of nitrogens with one attached hydrogen (secondary N) is 1. The Bertz CT molecular complexity index is 584. The molecular formula is C14H18N4. The van der Waals surface area contributed by atoms with Crippen LogP contribution in [-0.4, -0.2) is 20.9 Å². The van der Waals surface area contributed by atoms with Gasteiger partial charge in [-0.05, 0) is 43.2 Å². The number of hydrogen-bond donors (Lipinski definition) is 1. The first-order chi connectivity index (χ1) is 8.79. The van der Waals surface area contributed by atoms with Crippen molar-refractivity contribution in [3.05, 3.63) is 29.8 Å². The zero-order chi connectivity index (χ0) is 12.1. The van der Waals surface area contributed by atoms with Crippen LogP contribution >= 0.6 is 0 Å². The number of imidazole rings is 1. The summed E-state index contributed by atoms with van der Waals surface area (Å²) in [5.41, 5.74) is 2.50. The first-order valence-electron chi connectivity index (χ1n) is 6.87. The van der Waals surface area contributed by atoms with Crippen LogP contribution < -0.4 is 5.32 Å². The highest BCUT2D eigenvalue weighted by Crippen LogP contribution is 2.39. The standard InChI is InChI=1S/C14H18N4/c1-9-4-12(15-5-9)13-8-18-7-11(10-2-3-10)6-16-14(18)17-13/h6-10,12,15H,2-5H2,1H3/t9-,12+/m0/s1. The van der Waals surface area contributed by atoms with E-state index in [1.807, 2.05) is 6.20 Å². The molecule has 0 bridgehead atoms. The molecule has 2 atom stereocenters. The molecule has 4 nitrogen and oxygen atoms in total. The van der Waals surface area contributed by atoms with Crippen LogP contribution in [0, 0.1) is 5.92 Å². The lowest BCUT2D eigenvalue weighted by Gasteiger charge is -2.04.